The number of hydrogen-bond acceptors (Lipinski definition) is 4. The summed E-state index contributed by atoms with van der Waals surface area (Å²) < 4.78 is 0. The minimum Gasteiger partial charge on any atom is -0.342 e. The molecule has 22 heavy (non-hydrogen) atoms. The number of rotatable bonds is 9. The molecule has 0 aromatic carbocycles. The molecule has 1 heterocycles. The van der Waals surface area contributed by atoms with E-state index in [9.17, 15) is 4.79 Å². The topological polar surface area (TPSA) is 46.1 Å². The van der Waals surface area contributed by atoms with Gasteiger partial charge in [-0.2, -0.15) is 0 Å². The fraction of sp³-hybridized carbons (Fsp3) is 0.706. The second-order valence-electron chi connectivity index (χ2n) is 6.58. The van der Waals surface area contributed by atoms with Crippen molar-refractivity contribution in [2.45, 2.75) is 52.6 Å². The van der Waals surface area contributed by atoms with Crippen LogP contribution in [0, 0.1) is 18.8 Å². The lowest BCUT2D eigenvalue weighted by Gasteiger charge is -2.24. The molecule has 0 spiro atoms. The summed E-state index contributed by atoms with van der Waals surface area (Å²) in [5.74, 6) is 1.83. The summed E-state index contributed by atoms with van der Waals surface area (Å²) in [6.07, 6.45) is 5.68. The summed E-state index contributed by atoms with van der Waals surface area (Å²) in [6.45, 7) is 12.4. The van der Waals surface area contributed by atoms with Crippen molar-refractivity contribution < 1.29 is 4.79 Å². The van der Waals surface area contributed by atoms with Crippen LogP contribution in [0.4, 0.5) is 0 Å². The molecule has 1 rings (SSSR count). The maximum Gasteiger partial charge on any atom is 0.233 e. The van der Waals surface area contributed by atoms with Crippen molar-refractivity contribution in [1.29, 1.82) is 0 Å². The third-order valence-corrected chi connectivity index (χ3v) is 4.25. The summed E-state index contributed by atoms with van der Waals surface area (Å²) in [5.41, 5.74) is 1.03. The number of aromatic nitrogens is 2. The minimum absolute atomic E-state index is 0.190. The molecule has 1 amide bonds. The zero-order chi connectivity index (χ0) is 16.5. The normalized spacial score (nSPS) is 11.2. The molecule has 0 N–H and O–H groups in total. The van der Waals surface area contributed by atoms with Crippen LogP contribution >= 0.6 is 11.8 Å². The van der Waals surface area contributed by atoms with E-state index in [1.54, 1.807) is 12.4 Å². The van der Waals surface area contributed by atoms with Gasteiger partial charge in [-0.15, -0.1) is 0 Å². The standard InChI is InChI=1S/C17H29N3OS/c1-13(2)6-8-20(9-7-14(3)4)16(21)12-22-17-18-10-15(5)11-19-17/h10-11,13-14H,6-9,12H2,1-5H3. The summed E-state index contributed by atoms with van der Waals surface area (Å²) in [6, 6.07) is 0. The largest absolute Gasteiger partial charge is 0.342 e. The van der Waals surface area contributed by atoms with Crippen LogP contribution in [-0.2, 0) is 4.79 Å². The molecule has 4 nitrogen and oxygen atoms in total. The van der Waals surface area contributed by atoms with Crippen molar-refractivity contribution in [3.8, 4) is 0 Å². The van der Waals surface area contributed by atoms with Gasteiger partial charge in [0, 0.05) is 25.5 Å². The summed E-state index contributed by atoms with van der Waals surface area (Å²) >= 11 is 1.42. The first-order valence-electron chi connectivity index (χ1n) is 8.07. The second-order valence-corrected chi connectivity index (χ2v) is 7.52. The number of aryl methyl sites for hydroxylation is 1. The monoisotopic (exact) mass is 323 g/mol. The van der Waals surface area contributed by atoms with E-state index in [0.717, 1.165) is 31.5 Å². The fourth-order valence-corrected chi connectivity index (χ4v) is 2.55. The fourth-order valence-electron chi connectivity index (χ4n) is 1.86. The van der Waals surface area contributed by atoms with Crippen LogP contribution < -0.4 is 0 Å². The number of amides is 1. The Morgan fingerprint density at radius 1 is 1.09 bits per heavy atom. The Bertz CT molecular complexity index is 434. The zero-order valence-electron chi connectivity index (χ0n) is 14.5. The summed E-state index contributed by atoms with van der Waals surface area (Å²) in [7, 11) is 0. The molecule has 0 saturated heterocycles. The van der Waals surface area contributed by atoms with E-state index in [-0.39, 0.29) is 5.91 Å². The average molecular weight is 324 g/mol. The Hall–Kier alpha value is -1.10. The number of thioether (sulfide) groups is 1. The first-order valence-corrected chi connectivity index (χ1v) is 9.06. The van der Waals surface area contributed by atoms with Crippen LogP contribution in [0.25, 0.3) is 0 Å². The Morgan fingerprint density at radius 3 is 2.05 bits per heavy atom. The van der Waals surface area contributed by atoms with Crippen LogP contribution in [0.5, 0.6) is 0 Å². The lowest BCUT2D eigenvalue weighted by atomic mass is 10.1. The molecule has 0 fully saturated rings. The van der Waals surface area contributed by atoms with Crippen molar-refractivity contribution in [1.82, 2.24) is 14.9 Å². The SMILES string of the molecule is Cc1cnc(SCC(=O)N(CCC(C)C)CCC(C)C)nc1. The number of carbonyl (C=O) groups excluding carboxylic acids is 1. The molecular weight excluding hydrogens is 294 g/mol. The molecule has 0 aliphatic rings. The van der Waals surface area contributed by atoms with Gasteiger partial charge >= 0.3 is 0 Å². The first-order chi connectivity index (χ1) is 10.4. The van der Waals surface area contributed by atoms with Gasteiger partial charge in [0.2, 0.25) is 5.91 Å². The van der Waals surface area contributed by atoms with Gasteiger partial charge in [-0.25, -0.2) is 9.97 Å². The smallest absolute Gasteiger partial charge is 0.233 e. The zero-order valence-corrected chi connectivity index (χ0v) is 15.3. The van der Waals surface area contributed by atoms with E-state index >= 15 is 0 Å². The van der Waals surface area contributed by atoms with Crippen LogP contribution in [0.1, 0.15) is 46.1 Å². The number of nitrogens with zero attached hydrogens (tertiary/aromatic N) is 3. The Labute approximate surface area is 139 Å². The molecule has 0 radical (unpaired) electrons. The van der Waals surface area contributed by atoms with Crippen LogP contribution in [-0.4, -0.2) is 39.6 Å². The molecule has 0 bridgehead atoms. The third kappa shape index (κ3) is 7.78. The van der Waals surface area contributed by atoms with Gasteiger partial charge in [0.25, 0.3) is 0 Å². The van der Waals surface area contributed by atoms with Gasteiger partial charge in [-0.1, -0.05) is 39.5 Å². The molecule has 1 aromatic heterocycles. The predicted octanol–water partition coefficient (Wildman–Crippen LogP) is 3.80. The highest BCUT2D eigenvalue weighted by atomic mass is 32.2. The highest BCUT2D eigenvalue weighted by Crippen LogP contribution is 2.14. The van der Waals surface area contributed by atoms with Crippen molar-refractivity contribution in [2.24, 2.45) is 11.8 Å². The van der Waals surface area contributed by atoms with Crippen molar-refractivity contribution in [2.75, 3.05) is 18.8 Å². The summed E-state index contributed by atoms with van der Waals surface area (Å²) in [5, 5.41) is 0.673. The van der Waals surface area contributed by atoms with Crippen molar-refractivity contribution in [3.05, 3.63) is 18.0 Å². The number of carbonyl (C=O) groups is 1. The van der Waals surface area contributed by atoms with E-state index in [0.29, 0.717) is 22.7 Å². The molecular formula is C17H29N3OS. The molecule has 0 saturated carbocycles. The van der Waals surface area contributed by atoms with Crippen LogP contribution in [0.3, 0.4) is 0 Å². The van der Waals surface area contributed by atoms with Gasteiger partial charge in [0.15, 0.2) is 5.16 Å². The Morgan fingerprint density at radius 2 is 1.59 bits per heavy atom. The van der Waals surface area contributed by atoms with Gasteiger partial charge in [-0.3, -0.25) is 4.79 Å². The second kappa shape index (κ2) is 9.82. The lowest BCUT2D eigenvalue weighted by Crippen LogP contribution is -2.35. The van der Waals surface area contributed by atoms with E-state index in [1.807, 2.05) is 11.8 Å². The molecule has 0 aliphatic heterocycles. The van der Waals surface area contributed by atoms with E-state index in [1.165, 1.54) is 11.8 Å². The van der Waals surface area contributed by atoms with Gasteiger partial charge in [0.1, 0.15) is 0 Å². The quantitative estimate of drug-likeness (QED) is 0.512. The van der Waals surface area contributed by atoms with Gasteiger partial charge in [-0.05, 0) is 37.2 Å². The van der Waals surface area contributed by atoms with E-state index in [2.05, 4.69) is 37.7 Å². The van der Waals surface area contributed by atoms with Crippen molar-refractivity contribution in [3.63, 3.8) is 0 Å². The average Bonchev–Trinajstić information content (AvgIpc) is 2.46. The first kappa shape index (κ1) is 18.9. The highest BCUT2D eigenvalue weighted by Gasteiger charge is 2.15. The molecule has 124 valence electrons. The molecule has 5 heteroatoms. The third-order valence-electron chi connectivity index (χ3n) is 3.39. The molecule has 0 unspecified atom stereocenters. The van der Waals surface area contributed by atoms with Gasteiger partial charge < -0.3 is 4.90 Å². The minimum atomic E-state index is 0.190. The Kier molecular flexibility index (Phi) is 8.46. The van der Waals surface area contributed by atoms with Crippen LogP contribution in [0.2, 0.25) is 0 Å². The van der Waals surface area contributed by atoms with Gasteiger partial charge in [0.05, 0.1) is 5.75 Å². The summed E-state index contributed by atoms with van der Waals surface area (Å²) in [4.78, 5) is 22.9. The Balaban J connectivity index is 2.51. The lowest BCUT2D eigenvalue weighted by molar-refractivity contribution is -0.128. The van der Waals surface area contributed by atoms with Crippen LogP contribution in [0.15, 0.2) is 17.6 Å². The molecule has 0 aliphatic carbocycles. The predicted molar refractivity (Wildman–Crippen MR) is 93.0 cm³/mol. The van der Waals surface area contributed by atoms with E-state index in [4.69, 9.17) is 0 Å². The number of hydrogen-bond donors (Lipinski definition) is 0. The highest BCUT2D eigenvalue weighted by molar-refractivity contribution is 7.99. The molecule has 1 aromatic rings. The maximum atomic E-state index is 12.5. The maximum absolute atomic E-state index is 12.5. The molecule has 0 atom stereocenters. The van der Waals surface area contributed by atoms with Crippen molar-refractivity contribution >= 4 is 17.7 Å². The van der Waals surface area contributed by atoms with E-state index < -0.39 is 0 Å².